The van der Waals surface area contributed by atoms with Crippen LogP contribution in [-0.2, 0) is 9.53 Å². The van der Waals surface area contributed by atoms with Crippen molar-refractivity contribution in [1.29, 1.82) is 0 Å². The van der Waals surface area contributed by atoms with Gasteiger partial charge in [0.05, 0.1) is 11.4 Å². The third kappa shape index (κ3) is 8.20. The Morgan fingerprint density at radius 1 is 1.28 bits per heavy atom. The van der Waals surface area contributed by atoms with Crippen molar-refractivity contribution in [2.24, 2.45) is 0 Å². The van der Waals surface area contributed by atoms with Gasteiger partial charge in [-0.25, -0.2) is 9.18 Å². The second kappa shape index (κ2) is 8.03. The highest BCUT2D eigenvalue weighted by Crippen LogP contribution is 2.24. The molecule has 0 aliphatic heterocycles. The fourth-order valence-electron chi connectivity index (χ4n) is 2.01. The van der Waals surface area contributed by atoms with Crippen LogP contribution in [0.5, 0.6) is 0 Å². The van der Waals surface area contributed by atoms with E-state index in [4.69, 9.17) is 10.5 Å². The number of rotatable bonds is 5. The number of carbonyl (C=O) groups is 2. The van der Waals surface area contributed by atoms with Crippen molar-refractivity contribution in [1.82, 2.24) is 5.32 Å². The molecule has 0 aromatic heterocycles. The molecular weight excluding hydrogens is 393 g/mol. The van der Waals surface area contributed by atoms with Crippen LogP contribution in [0.3, 0.4) is 0 Å². The average Bonchev–Trinajstić information content (AvgIpc) is 2.37. The first-order valence-electron chi connectivity index (χ1n) is 7.81. The molecule has 0 saturated heterocycles. The number of hydrogen-bond donors (Lipinski definition) is 3. The van der Waals surface area contributed by atoms with Gasteiger partial charge in [0.2, 0.25) is 5.91 Å². The number of amides is 2. The maximum Gasteiger partial charge on any atom is 0.408 e. The maximum absolute atomic E-state index is 14.1. The molecule has 1 unspecified atom stereocenters. The van der Waals surface area contributed by atoms with Gasteiger partial charge < -0.3 is 21.1 Å². The Kier molecular flexibility index (Phi) is 6.82. The van der Waals surface area contributed by atoms with E-state index in [1.54, 1.807) is 39.0 Å². The summed E-state index contributed by atoms with van der Waals surface area (Å²) in [7, 11) is 0. The number of nitrogen functional groups attached to an aromatic ring is 1. The SMILES string of the molecule is CC(C)(F)CC(NC(=O)OC(C)(C)C)C(=O)Nc1ccc(Br)cc1N. The Bertz CT molecular complexity index is 639. The van der Waals surface area contributed by atoms with Crippen LogP contribution < -0.4 is 16.4 Å². The van der Waals surface area contributed by atoms with Crippen molar-refractivity contribution in [2.75, 3.05) is 11.1 Å². The third-order valence-electron chi connectivity index (χ3n) is 2.97. The van der Waals surface area contributed by atoms with Crippen molar-refractivity contribution < 1.29 is 18.7 Å². The van der Waals surface area contributed by atoms with Crippen molar-refractivity contribution in [3.8, 4) is 0 Å². The van der Waals surface area contributed by atoms with Gasteiger partial charge in [-0.15, -0.1) is 0 Å². The Morgan fingerprint density at radius 2 is 1.88 bits per heavy atom. The summed E-state index contributed by atoms with van der Waals surface area (Å²) in [4.78, 5) is 24.5. The molecule has 0 bridgehead atoms. The molecule has 0 spiro atoms. The van der Waals surface area contributed by atoms with Gasteiger partial charge in [0, 0.05) is 10.9 Å². The van der Waals surface area contributed by atoms with Crippen molar-refractivity contribution in [3.05, 3.63) is 22.7 Å². The van der Waals surface area contributed by atoms with E-state index in [2.05, 4.69) is 26.6 Å². The fourth-order valence-corrected chi connectivity index (χ4v) is 2.39. The van der Waals surface area contributed by atoms with Gasteiger partial charge in [0.25, 0.3) is 0 Å². The van der Waals surface area contributed by atoms with E-state index in [-0.39, 0.29) is 6.42 Å². The summed E-state index contributed by atoms with van der Waals surface area (Å²) in [5, 5.41) is 5.02. The molecule has 1 rings (SSSR count). The zero-order valence-electron chi connectivity index (χ0n) is 15.1. The zero-order chi connectivity index (χ0) is 19.4. The summed E-state index contributed by atoms with van der Waals surface area (Å²) >= 11 is 3.28. The van der Waals surface area contributed by atoms with E-state index in [0.29, 0.717) is 11.4 Å². The molecule has 25 heavy (non-hydrogen) atoms. The van der Waals surface area contributed by atoms with Crippen LogP contribution in [0.2, 0.25) is 0 Å². The van der Waals surface area contributed by atoms with Crippen LogP contribution in [0.4, 0.5) is 20.6 Å². The smallest absolute Gasteiger partial charge is 0.408 e. The molecule has 1 aromatic rings. The van der Waals surface area contributed by atoms with Gasteiger partial charge in [-0.05, 0) is 52.8 Å². The van der Waals surface area contributed by atoms with Crippen molar-refractivity contribution in [2.45, 2.75) is 58.4 Å². The predicted octanol–water partition coefficient (Wildman–Crippen LogP) is 4.00. The van der Waals surface area contributed by atoms with E-state index in [1.807, 2.05) is 0 Å². The predicted molar refractivity (Wildman–Crippen MR) is 100 cm³/mol. The van der Waals surface area contributed by atoms with Gasteiger partial charge >= 0.3 is 6.09 Å². The lowest BCUT2D eigenvalue weighted by atomic mass is 10.00. The van der Waals surface area contributed by atoms with Crippen molar-refractivity contribution >= 4 is 39.3 Å². The maximum atomic E-state index is 14.1. The van der Waals surface area contributed by atoms with E-state index in [9.17, 15) is 14.0 Å². The third-order valence-corrected chi connectivity index (χ3v) is 3.46. The molecule has 0 radical (unpaired) electrons. The summed E-state index contributed by atoms with van der Waals surface area (Å²) in [5.41, 5.74) is 4.18. The average molecular weight is 418 g/mol. The van der Waals surface area contributed by atoms with Gasteiger partial charge in [-0.2, -0.15) is 0 Å². The highest BCUT2D eigenvalue weighted by molar-refractivity contribution is 9.10. The summed E-state index contributed by atoms with van der Waals surface area (Å²) in [5.74, 6) is -0.578. The first-order valence-corrected chi connectivity index (χ1v) is 8.60. The summed E-state index contributed by atoms with van der Waals surface area (Å²) in [6, 6.07) is 3.84. The Hall–Kier alpha value is -1.83. The minimum Gasteiger partial charge on any atom is -0.444 e. The first-order chi connectivity index (χ1) is 11.3. The van der Waals surface area contributed by atoms with Gasteiger partial charge in [0.1, 0.15) is 17.3 Å². The molecule has 140 valence electrons. The summed E-state index contributed by atoms with van der Waals surface area (Å²) < 4.78 is 20.0. The molecular formula is C17H25BrFN3O3. The largest absolute Gasteiger partial charge is 0.444 e. The first kappa shape index (κ1) is 21.2. The number of nitrogens with one attached hydrogen (secondary N) is 2. The van der Waals surface area contributed by atoms with Crippen LogP contribution in [0.1, 0.15) is 41.0 Å². The van der Waals surface area contributed by atoms with Gasteiger partial charge in [-0.1, -0.05) is 15.9 Å². The molecule has 1 aromatic carbocycles. The Labute approximate surface area is 155 Å². The monoisotopic (exact) mass is 417 g/mol. The minimum absolute atomic E-state index is 0.214. The lowest BCUT2D eigenvalue weighted by Crippen LogP contribution is -2.48. The molecule has 4 N–H and O–H groups in total. The molecule has 0 fully saturated rings. The molecule has 2 amide bonds. The van der Waals surface area contributed by atoms with Crippen LogP contribution in [0, 0.1) is 0 Å². The fraction of sp³-hybridized carbons (Fsp3) is 0.529. The summed E-state index contributed by atoms with van der Waals surface area (Å²) in [6.07, 6.45) is -1.00. The standard InChI is InChI=1S/C17H25BrFN3O3/c1-16(2,3)25-15(24)22-13(9-17(4,5)19)14(23)21-12-7-6-10(18)8-11(12)20/h6-8,13H,9,20H2,1-5H3,(H,21,23)(H,22,24). The molecule has 0 aliphatic carbocycles. The number of hydrogen-bond acceptors (Lipinski definition) is 4. The van der Waals surface area contributed by atoms with E-state index in [1.165, 1.54) is 13.8 Å². The number of alkyl halides is 1. The number of anilines is 2. The van der Waals surface area contributed by atoms with Crippen LogP contribution in [0.15, 0.2) is 22.7 Å². The van der Waals surface area contributed by atoms with Crippen LogP contribution >= 0.6 is 15.9 Å². The number of ether oxygens (including phenoxy) is 1. The minimum atomic E-state index is -1.66. The second-order valence-electron chi connectivity index (χ2n) is 7.34. The number of halogens is 2. The molecule has 0 saturated carbocycles. The number of benzene rings is 1. The molecule has 0 aliphatic rings. The zero-order valence-corrected chi connectivity index (χ0v) is 16.7. The van der Waals surface area contributed by atoms with Crippen LogP contribution in [-0.4, -0.2) is 29.3 Å². The highest BCUT2D eigenvalue weighted by Gasteiger charge is 2.31. The van der Waals surface area contributed by atoms with Gasteiger partial charge in [-0.3, -0.25) is 4.79 Å². The number of nitrogens with two attached hydrogens (primary N) is 1. The van der Waals surface area contributed by atoms with Gasteiger partial charge in [0.15, 0.2) is 0 Å². The molecule has 1 atom stereocenters. The highest BCUT2D eigenvalue weighted by atomic mass is 79.9. The Morgan fingerprint density at radius 3 is 2.36 bits per heavy atom. The van der Waals surface area contributed by atoms with E-state index >= 15 is 0 Å². The lowest BCUT2D eigenvalue weighted by Gasteiger charge is -2.26. The second-order valence-corrected chi connectivity index (χ2v) is 8.26. The molecule has 8 heteroatoms. The molecule has 0 heterocycles. The quantitative estimate of drug-likeness (QED) is 0.630. The Balaban J connectivity index is 2.90. The topological polar surface area (TPSA) is 93.4 Å². The van der Waals surface area contributed by atoms with Crippen LogP contribution in [0.25, 0.3) is 0 Å². The number of alkyl carbamates (subject to hydrolysis) is 1. The molecule has 6 nitrogen and oxygen atoms in total. The van der Waals surface area contributed by atoms with Crippen molar-refractivity contribution in [3.63, 3.8) is 0 Å². The normalized spacial score (nSPS) is 13.1. The van der Waals surface area contributed by atoms with E-state index < -0.39 is 29.3 Å². The summed E-state index contributed by atoms with van der Waals surface area (Å²) in [6.45, 7) is 7.76. The number of carbonyl (C=O) groups excluding carboxylic acids is 2. The lowest BCUT2D eigenvalue weighted by molar-refractivity contribution is -0.119. The van der Waals surface area contributed by atoms with E-state index in [0.717, 1.165) is 4.47 Å².